The van der Waals surface area contributed by atoms with Crippen LogP contribution in [0.1, 0.15) is 41.5 Å². The monoisotopic (exact) mass is 468 g/mol. The second-order valence-electron chi connectivity index (χ2n) is 10.6. The third-order valence-electron chi connectivity index (χ3n) is 8.91. The van der Waals surface area contributed by atoms with Gasteiger partial charge in [0, 0.05) is 42.1 Å². The molecule has 5 atom stereocenters. The minimum absolute atomic E-state index is 0.0880. The van der Waals surface area contributed by atoms with Crippen LogP contribution < -0.4 is 4.74 Å². The Morgan fingerprint density at radius 3 is 3.00 bits per heavy atom. The number of amides is 1. The van der Waals surface area contributed by atoms with Crippen LogP contribution in [0, 0.1) is 24.7 Å². The molecule has 1 amide bonds. The highest BCUT2D eigenvalue weighted by Crippen LogP contribution is 2.64. The van der Waals surface area contributed by atoms with Gasteiger partial charge in [0.05, 0.1) is 6.04 Å². The molecular formula is C30H32N2O3. The van der Waals surface area contributed by atoms with Gasteiger partial charge in [-0.3, -0.25) is 9.69 Å². The van der Waals surface area contributed by atoms with Crippen molar-refractivity contribution >= 4 is 5.91 Å². The van der Waals surface area contributed by atoms with E-state index in [4.69, 9.17) is 4.74 Å². The lowest BCUT2D eigenvalue weighted by Crippen LogP contribution is -2.68. The number of phenols is 1. The molecule has 1 saturated carbocycles. The van der Waals surface area contributed by atoms with E-state index in [-0.39, 0.29) is 29.2 Å². The minimum atomic E-state index is -0.188. The summed E-state index contributed by atoms with van der Waals surface area (Å²) in [4.78, 5) is 17.6. The van der Waals surface area contributed by atoms with Gasteiger partial charge in [-0.05, 0) is 74.4 Å². The fourth-order valence-electron chi connectivity index (χ4n) is 7.47. The van der Waals surface area contributed by atoms with Crippen LogP contribution in [0.3, 0.4) is 0 Å². The predicted molar refractivity (Wildman–Crippen MR) is 135 cm³/mol. The van der Waals surface area contributed by atoms with Gasteiger partial charge in [0.25, 0.3) is 5.91 Å². The number of ether oxygens (including phenoxy) is 1. The fraction of sp³-hybridized carbons (Fsp3) is 0.433. The van der Waals surface area contributed by atoms with Gasteiger partial charge in [0.1, 0.15) is 6.10 Å². The van der Waals surface area contributed by atoms with E-state index in [1.807, 2.05) is 44.3 Å². The van der Waals surface area contributed by atoms with Gasteiger partial charge in [-0.2, -0.15) is 0 Å². The molecule has 2 aromatic rings. The molecule has 0 radical (unpaired) electrons. The second-order valence-corrected chi connectivity index (χ2v) is 10.6. The number of phenolic OH excluding ortho intramolecular Hbond substituents is 1. The number of hydrogen-bond acceptors (Lipinski definition) is 4. The van der Waals surface area contributed by atoms with Crippen LogP contribution in [0.25, 0.3) is 0 Å². The average Bonchev–Trinajstić information content (AvgIpc) is 3.20. The molecule has 180 valence electrons. The average molecular weight is 469 g/mol. The zero-order valence-electron chi connectivity index (χ0n) is 20.5. The van der Waals surface area contributed by atoms with E-state index in [0.29, 0.717) is 17.7 Å². The van der Waals surface area contributed by atoms with Crippen molar-refractivity contribution in [2.75, 3.05) is 20.1 Å². The van der Waals surface area contributed by atoms with Gasteiger partial charge in [-0.25, -0.2) is 0 Å². The van der Waals surface area contributed by atoms with Gasteiger partial charge >= 0.3 is 0 Å². The van der Waals surface area contributed by atoms with Crippen LogP contribution in [0.4, 0.5) is 0 Å². The van der Waals surface area contributed by atoms with Crippen LogP contribution in [0.2, 0.25) is 0 Å². The minimum Gasteiger partial charge on any atom is -0.504 e. The first kappa shape index (κ1) is 22.2. The van der Waals surface area contributed by atoms with Crippen LogP contribution in [0.15, 0.2) is 49.1 Å². The van der Waals surface area contributed by atoms with Crippen LogP contribution in [-0.4, -0.2) is 59.1 Å². The van der Waals surface area contributed by atoms with Gasteiger partial charge in [-0.1, -0.05) is 30.2 Å². The SMILES string of the molecule is C=CCN1CC[C@]23c4c5ccc(O)c4O[C@H]2[C@@H](N(C)C(=O)C#Cc2cccc(C)c2)CC[C@H]3[C@H]1C5. The van der Waals surface area contributed by atoms with Crippen molar-refractivity contribution in [3.05, 3.63) is 71.3 Å². The molecule has 0 aromatic heterocycles. The number of aryl methyl sites for hydroxylation is 1. The summed E-state index contributed by atoms with van der Waals surface area (Å²) < 4.78 is 6.64. The predicted octanol–water partition coefficient (Wildman–Crippen LogP) is 3.80. The molecule has 2 aromatic carbocycles. The van der Waals surface area contributed by atoms with Crippen molar-refractivity contribution in [3.63, 3.8) is 0 Å². The van der Waals surface area contributed by atoms with E-state index in [1.54, 1.807) is 11.0 Å². The molecule has 1 spiro atoms. The highest BCUT2D eigenvalue weighted by molar-refractivity contribution is 5.94. The number of carbonyl (C=O) groups excluding carboxylic acids is 1. The second kappa shape index (κ2) is 8.17. The van der Waals surface area contributed by atoms with Crippen LogP contribution in [0.5, 0.6) is 11.5 Å². The standard InChI is InChI=1S/C30H32N2O3/c1-4-15-32-16-14-30-22-10-11-23(31(3)26(34)13-8-20-7-5-6-19(2)17-20)29(30)35-28-25(33)12-9-21(27(28)30)18-24(22)32/h4-7,9,12,17,22-24,29,33H,1,10-11,14-16,18H2,2-3H3/t22-,23-,24+,29-,30-/m0/s1. The molecule has 35 heavy (non-hydrogen) atoms. The summed E-state index contributed by atoms with van der Waals surface area (Å²) in [6.45, 7) is 7.87. The van der Waals surface area contributed by atoms with E-state index < -0.39 is 0 Å². The molecule has 2 aliphatic heterocycles. The summed E-state index contributed by atoms with van der Waals surface area (Å²) in [7, 11) is 1.86. The zero-order valence-corrected chi connectivity index (χ0v) is 20.5. The van der Waals surface area contributed by atoms with Crippen LogP contribution in [-0.2, 0) is 16.6 Å². The normalized spacial score (nSPS) is 29.9. The van der Waals surface area contributed by atoms with E-state index >= 15 is 0 Å². The lowest BCUT2D eigenvalue weighted by molar-refractivity contribution is -0.134. The number of hydrogen-bond donors (Lipinski definition) is 1. The largest absolute Gasteiger partial charge is 0.504 e. The molecule has 2 fully saturated rings. The summed E-state index contributed by atoms with van der Waals surface area (Å²) in [5.74, 6) is 7.02. The van der Waals surface area contributed by atoms with Crippen molar-refractivity contribution in [1.29, 1.82) is 0 Å². The van der Waals surface area contributed by atoms with E-state index in [1.165, 1.54) is 11.1 Å². The van der Waals surface area contributed by atoms with Gasteiger partial charge in [-0.15, -0.1) is 6.58 Å². The quantitative estimate of drug-likeness (QED) is 0.550. The summed E-state index contributed by atoms with van der Waals surface area (Å²) in [6.07, 6.45) is 5.66. The van der Waals surface area contributed by atoms with Gasteiger partial charge in [0.15, 0.2) is 11.5 Å². The molecule has 2 bridgehead atoms. The maximum absolute atomic E-state index is 13.2. The Kier molecular flexibility index (Phi) is 5.19. The number of carbonyl (C=O) groups is 1. The Hall–Kier alpha value is -3.23. The maximum Gasteiger partial charge on any atom is 0.298 e. The van der Waals surface area contributed by atoms with E-state index in [0.717, 1.165) is 49.9 Å². The van der Waals surface area contributed by atoms with Crippen molar-refractivity contribution in [1.82, 2.24) is 9.80 Å². The Morgan fingerprint density at radius 1 is 1.34 bits per heavy atom. The molecule has 5 heteroatoms. The number of benzene rings is 2. The molecule has 2 aliphatic carbocycles. The topological polar surface area (TPSA) is 53.0 Å². The molecular weight excluding hydrogens is 436 g/mol. The number of piperidine rings is 1. The molecule has 1 N–H and O–H groups in total. The molecule has 0 unspecified atom stereocenters. The summed E-state index contributed by atoms with van der Waals surface area (Å²) in [5, 5.41) is 10.8. The Morgan fingerprint density at radius 2 is 2.20 bits per heavy atom. The third-order valence-corrected chi connectivity index (χ3v) is 8.91. The van der Waals surface area contributed by atoms with Crippen molar-refractivity contribution in [2.45, 2.75) is 56.2 Å². The highest BCUT2D eigenvalue weighted by Gasteiger charge is 2.66. The summed E-state index contributed by atoms with van der Waals surface area (Å²) in [5.41, 5.74) is 4.28. The van der Waals surface area contributed by atoms with Crippen molar-refractivity contribution in [3.8, 4) is 23.3 Å². The Balaban J connectivity index is 1.36. The first-order chi connectivity index (χ1) is 16.9. The van der Waals surface area contributed by atoms with Gasteiger partial charge in [0.2, 0.25) is 0 Å². The van der Waals surface area contributed by atoms with E-state index in [2.05, 4.69) is 29.4 Å². The van der Waals surface area contributed by atoms with E-state index in [9.17, 15) is 9.90 Å². The van der Waals surface area contributed by atoms with Crippen molar-refractivity contribution < 1.29 is 14.6 Å². The fourth-order valence-corrected chi connectivity index (χ4v) is 7.47. The number of likely N-dealkylation sites (tertiary alicyclic amines) is 1. The Bertz CT molecular complexity index is 1270. The first-order valence-electron chi connectivity index (χ1n) is 12.7. The number of rotatable bonds is 3. The third kappa shape index (κ3) is 3.23. The molecule has 4 aliphatic rings. The molecule has 2 heterocycles. The smallest absolute Gasteiger partial charge is 0.298 e. The van der Waals surface area contributed by atoms with Crippen molar-refractivity contribution in [2.24, 2.45) is 5.92 Å². The summed E-state index contributed by atoms with van der Waals surface area (Å²) >= 11 is 0. The van der Waals surface area contributed by atoms with Crippen LogP contribution >= 0.6 is 0 Å². The van der Waals surface area contributed by atoms with Gasteiger partial charge < -0.3 is 14.7 Å². The molecule has 6 rings (SSSR count). The number of likely N-dealkylation sites (N-methyl/N-ethyl adjacent to an activating group) is 1. The molecule has 1 saturated heterocycles. The maximum atomic E-state index is 13.2. The lowest BCUT2D eigenvalue weighted by Gasteiger charge is -2.60. The molecule has 5 nitrogen and oxygen atoms in total. The number of nitrogens with zero attached hydrogens (tertiary/aromatic N) is 2. The lowest BCUT2D eigenvalue weighted by atomic mass is 9.51. The zero-order chi connectivity index (χ0) is 24.3. The summed E-state index contributed by atoms with van der Waals surface area (Å²) in [6, 6.07) is 12.1. The first-order valence-corrected chi connectivity index (χ1v) is 12.7. The Labute approximate surface area is 207 Å². The highest BCUT2D eigenvalue weighted by atomic mass is 16.5. The number of aromatic hydroxyl groups is 1.